The average molecular weight is 281 g/mol. The number of rotatable bonds is 8. The van der Waals surface area contributed by atoms with Crippen molar-refractivity contribution in [3.8, 4) is 0 Å². The first-order chi connectivity index (χ1) is 9.61. The van der Waals surface area contributed by atoms with Gasteiger partial charge in [-0.05, 0) is 32.1 Å². The van der Waals surface area contributed by atoms with Gasteiger partial charge in [-0.1, -0.05) is 25.8 Å². The normalized spacial score (nSPS) is 27.8. The second-order valence-corrected chi connectivity index (χ2v) is 6.90. The van der Waals surface area contributed by atoms with Crippen molar-refractivity contribution in [2.45, 2.75) is 63.6 Å². The van der Waals surface area contributed by atoms with Crippen LogP contribution in [-0.2, 0) is 9.47 Å². The Hall–Kier alpha value is -0.380. The molecule has 1 saturated heterocycles. The summed E-state index contributed by atoms with van der Waals surface area (Å²) in [5.41, 5.74) is 0.360. The molecule has 1 heterocycles. The Balaban J connectivity index is 1.79. The Labute approximate surface area is 124 Å². The highest BCUT2D eigenvalue weighted by atomic mass is 16.5. The summed E-state index contributed by atoms with van der Waals surface area (Å²) in [7, 11) is 1.74. The molecule has 0 radical (unpaired) electrons. The van der Waals surface area contributed by atoms with Gasteiger partial charge in [0.1, 0.15) is 0 Å². The molecule has 1 saturated carbocycles. The molecule has 1 aliphatic heterocycles. The monoisotopic (exact) mass is 281 g/mol. The lowest BCUT2D eigenvalue weighted by Gasteiger charge is -2.31. The van der Waals surface area contributed by atoms with Crippen molar-refractivity contribution in [2.24, 2.45) is 5.41 Å². The first kappa shape index (κ1) is 16.0. The molecule has 2 rings (SSSR count). The van der Waals surface area contributed by atoms with Crippen LogP contribution in [0.25, 0.3) is 0 Å². The molecule has 0 aromatic rings. The zero-order chi connectivity index (χ0) is 14.5. The first-order valence-electron chi connectivity index (χ1n) is 8.13. The molecule has 2 fully saturated rings. The molecule has 20 heavy (non-hydrogen) atoms. The van der Waals surface area contributed by atoms with Crippen LogP contribution in [0.1, 0.15) is 51.9 Å². The van der Waals surface area contributed by atoms with E-state index >= 15 is 0 Å². The Morgan fingerprint density at radius 2 is 2.15 bits per heavy atom. The highest BCUT2D eigenvalue weighted by Gasteiger charge is 2.43. The van der Waals surface area contributed by atoms with Gasteiger partial charge in [0.2, 0.25) is 0 Å². The maximum atomic E-state index is 6.43. The van der Waals surface area contributed by atoms with Crippen LogP contribution in [-0.4, -0.2) is 38.5 Å². The molecule has 0 amide bonds. The van der Waals surface area contributed by atoms with Crippen LogP contribution in [0.2, 0.25) is 0 Å². The van der Waals surface area contributed by atoms with E-state index in [1.54, 1.807) is 7.11 Å². The van der Waals surface area contributed by atoms with Crippen LogP contribution in [0.3, 0.4) is 0 Å². The molecule has 0 aromatic carbocycles. The Morgan fingerprint density at radius 3 is 2.80 bits per heavy atom. The predicted octanol–water partition coefficient (Wildman–Crippen LogP) is 3.30. The fourth-order valence-corrected chi connectivity index (χ4v) is 3.72. The van der Waals surface area contributed by atoms with Gasteiger partial charge in [-0.15, -0.1) is 6.58 Å². The van der Waals surface area contributed by atoms with Crippen molar-refractivity contribution >= 4 is 0 Å². The highest BCUT2D eigenvalue weighted by Crippen LogP contribution is 2.45. The lowest BCUT2D eigenvalue weighted by Crippen LogP contribution is -2.35. The quantitative estimate of drug-likeness (QED) is 0.547. The minimum Gasteiger partial charge on any atom is -0.383 e. The number of hydrogen-bond donors (Lipinski definition) is 1. The molecular weight excluding hydrogens is 250 g/mol. The predicted molar refractivity (Wildman–Crippen MR) is 83.0 cm³/mol. The van der Waals surface area contributed by atoms with E-state index in [-0.39, 0.29) is 11.0 Å². The third-order valence-corrected chi connectivity index (χ3v) is 5.05. The van der Waals surface area contributed by atoms with Crippen molar-refractivity contribution in [3.63, 3.8) is 0 Å². The average Bonchev–Trinajstić information content (AvgIpc) is 3.06. The Kier molecular flexibility index (Phi) is 5.65. The Morgan fingerprint density at radius 1 is 1.40 bits per heavy atom. The summed E-state index contributed by atoms with van der Waals surface area (Å²) in [5, 5.41) is 3.46. The van der Waals surface area contributed by atoms with Gasteiger partial charge >= 0.3 is 0 Å². The summed E-state index contributed by atoms with van der Waals surface area (Å²) < 4.78 is 11.5. The molecule has 0 aromatic heterocycles. The van der Waals surface area contributed by atoms with Gasteiger partial charge in [0.15, 0.2) is 0 Å². The lowest BCUT2D eigenvalue weighted by atomic mass is 9.83. The lowest BCUT2D eigenvalue weighted by molar-refractivity contribution is -0.0480. The van der Waals surface area contributed by atoms with Gasteiger partial charge in [-0.3, -0.25) is 0 Å². The smallest absolute Gasteiger partial charge is 0.0687 e. The molecule has 3 heteroatoms. The van der Waals surface area contributed by atoms with E-state index in [0.29, 0.717) is 6.10 Å². The second-order valence-electron chi connectivity index (χ2n) is 6.90. The van der Waals surface area contributed by atoms with Crippen LogP contribution in [0, 0.1) is 5.41 Å². The van der Waals surface area contributed by atoms with Gasteiger partial charge in [-0.25, -0.2) is 0 Å². The second kappa shape index (κ2) is 7.06. The fraction of sp³-hybridized carbons (Fsp3) is 0.882. The summed E-state index contributed by atoms with van der Waals surface area (Å²) in [6.07, 6.45) is 11.3. The zero-order valence-electron chi connectivity index (χ0n) is 13.2. The molecule has 116 valence electrons. The molecule has 2 aliphatic rings. The SMILES string of the molecule is C=CC(C)(CNCCOC)CC1CCC2(CCCC2)O1. The maximum Gasteiger partial charge on any atom is 0.0687 e. The standard InChI is InChI=1S/C17H31NO2/c1-4-16(2,14-18-11-12-19-3)13-15-7-10-17(20-15)8-5-6-9-17/h4,15,18H,1,5-14H2,2-3H3. The topological polar surface area (TPSA) is 30.5 Å². The van der Waals surface area contributed by atoms with Crippen molar-refractivity contribution in [3.05, 3.63) is 12.7 Å². The number of nitrogens with one attached hydrogen (secondary N) is 1. The van der Waals surface area contributed by atoms with Crippen LogP contribution < -0.4 is 5.32 Å². The molecule has 1 spiro atoms. The number of hydrogen-bond acceptors (Lipinski definition) is 3. The molecule has 3 nitrogen and oxygen atoms in total. The third kappa shape index (κ3) is 4.06. The minimum absolute atomic E-state index is 0.114. The highest BCUT2D eigenvalue weighted by molar-refractivity contribution is 4.99. The van der Waals surface area contributed by atoms with Gasteiger partial charge in [0.05, 0.1) is 18.3 Å². The van der Waals surface area contributed by atoms with Gasteiger partial charge in [0.25, 0.3) is 0 Å². The van der Waals surface area contributed by atoms with Crippen molar-refractivity contribution in [1.82, 2.24) is 5.32 Å². The van der Waals surface area contributed by atoms with Crippen molar-refractivity contribution in [1.29, 1.82) is 0 Å². The van der Waals surface area contributed by atoms with Crippen LogP contribution in [0.15, 0.2) is 12.7 Å². The van der Waals surface area contributed by atoms with Crippen LogP contribution in [0.5, 0.6) is 0 Å². The zero-order valence-corrected chi connectivity index (χ0v) is 13.2. The third-order valence-electron chi connectivity index (χ3n) is 5.05. The van der Waals surface area contributed by atoms with E-state index in [1.807, 2.05) is 0 Å². The van der Waals surface area contributed by atoms with Gasteiger partial charge in [-0.2, -0.15) is 0 Å². The number of methoxy groups -OCH3 is 1. The molecule has 2 atom stereocenters. The largest absolute Gasteiger partial charge is 0.383 e. The molecule has 1 N–H and O–H groups in total. The summed E-state index contributed by atoms with van der Waals surface area (Å²) in [6.45, 7) is 8.93. The minimum atomic E-state index is 0.114. The van der Waals surface area contributed by atoms with E-state index < -0.39 is 0 Å². The summed E-state index contributed by atoms with van der Waals surface area (Å²) >= 11 is 0. The van der Waals surface area contributed by atoms with E-state index in [4.69, 9.17) is 9.47 Å². The van der Waals surface area contributed by atoms with Crippen molar-refractivity contribution in [2.75, 3.05) is 26.8 Å². The van der Waals surface area contributed by atoms with Crippen molar-refractivity contribution < 1.29 is 9.47 Å². The van der Waals surface area contributed by atoms with E-state index in [1.165, 1.54) is 38.5 Å². The maximum absolute atomic E-state index is 6.43. The first-order valence-corrected chi connectivity index (χ1v) is 8.13. The molecular formula is C17H31NO2. The van der Waals surface area contributed by atoms with Crippen LogP contribution >= 0.6 is 0 Å². The summed E-state index contributed by atoms with van der Waals surface area (Å²) in [5.74, 6) is 0. The van der Waals surface area contributed by atoms with E-state index in [2.05, 4.69) is 24.9 Å². The van der Waals surface area contributed by atoms with E-state index in [9.17, 15) is 0 Å². The molecule has 2 unspecified atom stereocenters. The molecule has 1 aliphatic carbocycles. The van der Waals surface area contributed by atoms with Crippen LogP contribution in [0.4, 0.5) is 0 Å². The van der Waals surface area contributed by atoms with Gasteiger partial charge in [0, 0.05) is 25.6 Å². The summed E-state index contributed by atoms with van der Waals surface area (Å²) in [6, 6.07) is 0. The Bertz CT molecular complexity index is 312. The molecule has 0 bridgehead atoms. The number of ether oxygens (including phenoxy) is 2. The summed E-state index contributed by atoms with van der Waals surface area (Å²) in [4.78, 5) is 0. The fourth-order valence-electron chi connectivity index (χ4n) is 3.72. The van der Waals surface area contributed by atoms with Gasteiger partial charge < -0.3 is 14.8 Å². The van der Waals surface area contributed by atoms with E-state index in [0.717, 1.165) is 26.1 Å².